The molecule has 2 nitrogen and oxygen atoms in total. The van der Waals surface area contributed by atoms with Gasteiger partial charge in [0.2, 0.25) is 0 Å². The topological polar surface area (TPSA) is 35.2 Å². The Morgan fingerprint density at radius 2 is 1.89 bits per heavy atom. The van der Waals surface area contributed by atoms with Crippen LogP contribution in [0.1, 0.15) is 18.5 Å². The monoisotopic (exact) mass is 343 g/mol. The molecule has 100 valence electrons. The van der Waals surface area contributed by atoms with Crippen molar-refractivity contribution in [2.75, 3.05) is 0 Å². The van der Waals surface area contributed by atoms with Crippen LogP contribution < -0.4 is 10.5 Å². The van der Waals surface area contributed by atoms with Gasteiger partial charge in [-0.25, -0.2) is 4.39 Å². The van der Waals surface area contributed by atoms with Gasteiger partial charge in [0.25, 0.3) is 0 Å². The molecule has 2 aromatic rings. The smallest absolute Gasteiger partial charge is 0.166 e. The van der Waals surface area contributed by atoms with E-state index in [0.29, 0.717) is 15.2 Å². The van der Waals surface area contributed by atoms with Crippen molar-refractivity contribution in [1.29, 1.82) is 0 Å². The van der Waals surface area contributed by atoms with E-state index in [-0.39, 0.29) is 11.8 Å². The first-order valence-electron chi connectivity index (χ1n) is 5.65. The van der Waals surface area contributed by atoms with Gasteiger partial charge in [0.1, 0.15) is 5.75 Å². The number of nitrogens with two attached hydrogens (primary N) is 1. The van der Waals surface area contributed by atoms with Crippen LogP contribution in [0.5, 0.6) is 11.5 Å². The van der Waals surface area contributed by atoms with Crippen LogP contribution in [0.25, 0.3) is 0 Å². The van der Waals surface area contributed by atoms with E-state index in [2.05, 4.69) is 15.9 Å². The van der Waals surface area contributed by atoms with Gasteiger partial charge in [-0.1, -0.05) is 17.7 Å². The Morgan fingerprint density at radius 1 is 1.21 bits per heavy atom. The maximum absolute atomic E-state index is 13.9. The fourth-order valence-corrected chi connectivity index (χ4v) is 2.32. The van der Waals surface area contributed by atoms with Crippen LogP contribution in [0.3, 0.4) is 0 Å². The summed E-state index contributed by atoms with van der Waals surface area (Å²) in [6, 6.07) is 9.50. The van der Waals surface area contributed by atoms with Gasteiger partial charge in [-0.05, 0) is 58.7 Å². The number of halogens is 3. The van der Waals surface area contributed by atoms with E-state index in [9.17, 15) is 4.39 Å². The SMILES string of the molecule is C[C@@H](N)c1ccc(Oc2ccc(Cl)cc2Br)c(F)c1. The summed E-state index contributed by atoms with van der Waals surface area (Å²) < 4.78 is 20.1. The summed E-state index contributed by atoms with van der Waals surface area (Å²) >= 11 is 9.15. The Bertz CT molecular complexity index is 604. The number of hydrogen-bond donors (Lipinski definition) is 1. The number of ether oxygens (including phenoxy) is 1. The summed E-state index contributed by atoms with van der Waals surface area (Å²) in [5.41, 5.74) is 6.42. The van der Waals surface area contributed by atoms with Crippen LogP contribution in [0.4, 0.5) is 4.39 Å². The number of rotatable bonds is 3. The second kappa shape index (κ2) is 5.90. The first-order valence-corrected chi connectivity index (χ1v) is 6.82. The zero-order valence-corrected chi connectivity index (χ0v) is 12.5. The van der Waals surface area contributed by atoms with Gasteiger partial charge in [0.05, 0.1) is 4.47 Å². The van der Waals surface area contributed by atoms with E-state index >= 15 is 0 Å². The van der Waals surface area contributed by atoms with Crippen molar-refractivity contribution in [3.8, 4) is 11.5 Å². The van der Waals surface area contributed by atoms with Crippen molar-refractivity contribution >= 4 is 27.5 Å². The van der Waals surface area contributed by atoms with E-state index < -0.39 is 5.82 Å². The average molecular weight is 345 g/mol. The van der Waals surface area contributed by atoms with E-state index in [1.54, 1.807) is 37.3 Å². The molecule has 2 N–H and O–H groups in total. The summed E-state index contributed by atoms with van der Waals surface area (Å²) in [6.07, 6.45) is 0. The molecule has 0 aliphatic rings. The van der Waals surface area contributed by atoms with E-state index in [1.165, 1.54) is 6.07 Å². The summed E-state index contributed by atoms with van der Waals surface area (Å²) in [6.45, 7) is 1.80. The third kappa shape index (κ3) is 3.47. The molecule has 0 unspecified atom stereocenters. The first kappa shape index (κ1) is 14.3. The minimum absolute atomic E-state index is 0.146. The Kier molecular flexibility index (Phi) is 4.45. The minimum Gasteiger partial charge on any atom is -0.453 e. The van der Waals surface area contributed by atoms with E-state index in [4.69, 9.17) is 22.1 Å². The average Bonchev–Trinajstić information content (AvgIpc) is 2.34. The molecule has 0 spiro atoms. The lowest BCUT2D eigenvalue weighted by Crippen LogP contribution is -2.05. The van der Waals surface area contributed by atoms with Crippen LogP contribution in [0.2, 0.25) is 5.02 Å². The van der Waals surface area contributed by atoms with Gasteiger partial charge in [-0.3, -0.25) is 0 Å². The van der Waals surface area contributed by atoms with Crippen molar-refractivity contribution in [1.82, 2.24) is 0 Å². The highest BCUT2D eigenvalue weighted by Crippen LogP contribution is 2.33. The summed E-state index contributed by atoms with van der Waals surface area (Å²) in [4.78, 5) is 0. The highest BCUT2D eigenvalue weighted by atomic mass is 79.9. The van der Waals surface area contributed by atoms with Crippen molar-refractivity contribution < 1.29 is 9.13 Å². The zero-order chi connectivity index (χ0) is 14.0. The van der Waals surface area contributed by atoms with Crippen LogP contribution in [0.15, 0.2) is 40.9 Å². The molecule has 0 aliphatic carbocycles. The molecule has 5 heteroatoms. The summed E-state index contributed by atoms with van der Waals surface area (Å²) in [7, 11) is 0. The van der Waals surface area contributed by atoms with Crippen molar-refractivity contribution in [3.63, 3.8) is 0 Å². The van der Waals surface area contributed by atoms with Crippen LogP contribution in [-0.4, -0.2) is 0 Å². The lowest BCUT2D eigenvalue weighted by Gasteiger charge is -2.11. The molecule has 0 heterocycles. The Labute approximate surface area is 124 Å². The zero-order valence-electron chi connectivity index (χ0n) is 10.2. The van der Waals surface area contributed by atoms with E-state index in [0.717, 1.165) is 5.56 Å². The molecule has 0 bridgehead atoms. The molecule has 0 amide bonds. The molecule has 0 aromatic heterocycles. The lowest BCUT2D eigenvalue weighted by molar-refractivity contribution is 0.439. The molecule has 0 radical (unpaired) electrons. The molecule has 2 aromatic carbocycles. The highest BCUT2D eigenvalue weighted by Gasteiger charge is 2.10. The van der Waals surface area contributed by atoms with Gasteiger partial charge in [-0.15, -0.1) is 0 Å². The predicted molar refractivity (Wildman–Crippen MR) is 78.2 cm³/mol. The lowest BCUT2D eigenvalue weighted by atomic mass is 10.1. The van der Waals surface area contributed by atoms with Crippen LogP contribution in [-0.2, 0) is 0 Å². The molecule has 0 saturated heterocycles. The standard InChI is InChI=1S/C14H12BrClFNO/c1-8(18)9-2-4-14(12(17)6-9)19-13-5-3-10(16)7-11(13)15/h2-8H,18H2,1H3/t8-/m1/s1. The summed E-state index contributed by atoms with van der Waals surface area (Å²) in [5.74, 6) is 0.195. The van der Waals surface area contributed by atoms with Crippen molar-refractivity contribution in [3.05, 3.63) is 57.3 Å². The van der Waals surface area contributed by atoms with Crippen molar-refractivity contribution in [2.24, 2.45) is 5.73 Å². The molecule has 2 rings (SSSR count). The fourth-order valence-electron chi connectivity index (χ4n) is 1.56. The summed E-state index contributed by atoms with van der Waals surface area (Å²) in [5, 5.41) is 0.576. The quantitative estimate of drug-likeness (QED) is 0.845. The third-order valence-corrected chi connectivity index (χ3v) is 3.45. The predicted octanol–water partition coefficient (Wildman–Crippen LogP) is 5.05. The maximum atomic E-state index is 13.9. The molecule has 0 fully saturated rings. The highest BCUT2D eigenvalue weighted by molar-refractivity contribution is 9.10. The normalized spacial score (nSPS) is 12.3. The van der Waals surface area contributed by atoms with Gasteiger partial charge < -0.3 is 10.5 Å². The van der Waals surface area contributed by atoms with Crippen molar-refractivity contribution in [2.45, 2.75) is 13.0 Å². The Morgan fingerprint density at radius 3 is 2.47 bits per heavy atom. The number of benzene rings is 2. The number of hydrogen-bond acceptors (Lipinski definition) is 2. The van der Waals surface area contributed by atoms with E-state index in [1.807, 2.05) is 0 Å². The van der Waals surface area contributed by atoms with Gasteiger partial charge in [-0.2, -0.15) is 0 Å². The Hall–Kier alpha value is -1.10. The first-order chi connectivity index (χ1) is 8.97. The Balaban J connectivity index is 2.28. The van der Waals surface area contributed by atoms with Crippen LogP contribution in [0, 0.1) is 5.82 Å². The maximum Gasteiger partial charge on any atom is 0.166 e. The second-order valence-corrected chi connectivity index (χ2v) is 5.45. The molecule has 0 saturated carbocycles. The fraction of sp³-hybridized carbons (Fsp3) is 0.143. The van der Waals surface area contributed by atoms with Gasteiger partial charge in [0, 0.05) is 11.1 Å². The largest absolute Gasteiger partial charge is 0.453 e. The molecule has 1 atom stereocenters. The van der Waals surface area contributed by atoms with Gasteiger partial charge >= 0.3 is 0 Å². The molecular weight excluding hydrogens is 333 g/mol. The molecule has 0 aliphatic heterocycles. The van der Waals surface area contributed by atoms with Crippen LogP contribution >= 0.6 is 27.5 Å². The molecule has 19 heavy (non-hydrogen) atoms. The second-order valence-electron chi connectivity index (χ2n) is 4.16. The molecular formula is C14H12BrClFNO. The van der Waals surface area contributed by atoms with Gasteiger partial charge in [0.15, 0.2) is 11.6 Å². The third-order valence-electron chi connectivity index (χ3n) is 2.60. The minimum atomic E-state index is -0.448.